The summed E-state index contributed by atoms with van der Waals surface area (Å²) in [5.74, 6) is -5.74. The Balaban J connectivity index is 4.46. The fraction of sp³-hybridized carbons (Fsp3) is 0.250. The number of rotatable bonds is 2. The molecule has 1 aromatic rings. The maximum absolute atomic E-state index is 12.8. The smallest absolute Gasteiger partial charge is 0.421 e. The van der Waals surface area contributed by atoms with E-state index in [1.807, 2.05) is 0 Å². The summed E-state index contributed by atoms with van der Waals surface area (Å²) in [6.45, 7) is 0. The van der Waals surface area contributed by atoms with Crippen LogP contribution in [0, 0.1) is 0 Å². The van der Waals surface area contributed by atoms with Gasteiger partial charge in [0.15, 0.2) is 15.5 Å². The van der Waals surface area contributed by atoms with Crippen LogP contribution in [0.5, 0.6) is 11.5 Å². The molecule has 24 heavy (non-hydrogen) atoms. The molecule has 0 radical (unpaired) electrons. The molecule has 4 N–H and O–H groups in total. The zero-order chi connectivity index (χ0) is 19.5. The van der Waals surface area contributed by atoms with Gasteiger partial charge in [0.25, 0.3) is 20.2 Å². The fourth-order valence-corrected chi connectivity index (χ4v) is 3.41. The van der Waals surface area contributed by atoms with Gasteiger partial charge in [-0.3, -0.25) is 9.11 Å². The van der Waals surface area contributed by atoms with Crippen molar-refractivity contribution in [2.45, 2.75) is 22.1 Å². The van der Waals surface area contributed by atoms with Gasteiger partial charge >= 0.3 is 12.4 Å². The molecule has 0 atom stereocenters. The summed E-state index contributed by atoms with van der Waals surface area (Å²) in [5, 5.41) is 18.5. The minimum Gasteiger partial charge on any atom is -0.507 e. The van der Waals surface area contributed by atoms with Crippen molar-refractivity contribution in [3.63, 3.8) is 0 Å². The van der Waals surface area contributed by atoms with Crippen LogP contribution in [0.25, 0.3) is 0 Å². The molecular formula is C8H4F6O8S2. The predicted octanol–water partition coefficient (Wildman–Crippen LogP) is 1.63. The Bertz CT molecular complexity index is 825. The first kappa shape index (κ1) is 20.3. The molecule has 0 spiro atoms. The van der Waals surface area contributed by atoms with Crippen molar-refractivity contribution in [2.75, 3.05) is 0 Å². The minimum atomic E-state index is -6.19. The highest BCUT2D eigenvalue weighted by Crippen LogP contribution is 2.53. The van der Waals surface area contributed by atoms with E-state index >= 15 is 0 Å². The summed E-state index contributed by atoms with van der Waals surface area (Å²) in [5.41, 5.74) is -6.13. The zero-order valence-corrected chi connectivity index (χ0v) is 12.1. The third-order valence-electron chi connectivity index (χ3n) is 2.44. The second-order valence-corrected chi connectivity index (χ2v) is 6.77. The maximum Gasteiger partial charge on any atom is 0.421 e. The Morgan fingerprint density at radius 2 is 0.875 bits per heavy atom. The van der Waals surface area contributed by atoms with Gasteiger partial charge < -0.3 is 10.2 Å². The van der Waals surface area contributed by atoms with Gasteiger partial charge in [0, 0.05) is 0 Å². The Labute approximate surface area is 128 Å². The number of hydrogen-bond acceptors (Lipinski definition) is 6. The Kier molecular flexibility index (Phi) is 4.53. The molecule has 16 heteroatoms. The number of halogens is 6. The van der Waals surface area contributed by atoms with Gasteiger partial charge in [0.1, 0.15) is 16.9 Å². The van der Waals surface area contributed by atoms with E-state index in [0.29, 0.717) is 0 Å². The standard InChI is InChI=1S/C8H4F6O8S2/c9-7(10,11)1-3(15)2(8(12,13)14)6(24(20,21)22)4(16)5(1)23(17,18)19/h15-16H,(H,17,18,19)(H,20,21,22). The minimum absolute atomic E-state index is 2.77. The van der Waals surface area contributed by atoms with Gasteiger partial charge in [-0.15, -0.1) is 0 Å². The molecule has 0 heterocycles. The molecule has 138 valence electrons. The Morgan fingerprint density at radius 3 is 1.04 bits per heavy atom. The molecule has 1 rings (SSSR count). The van der Waals surface area contributed by atoms with Crippen LogP contribution in [0.2, 0.25) is 0 Å². The molecule has 0 unspecified atom stereocenters. The molecule has 0 bridgehead atoms. The molecule has 0 aliphatic heterocycles. The molecule has 0 fully saturated rings. The van der Waals surface area contributed by atoms with E-state index in [9.17, 15) is 53.4 Å². The van der Waals surface area contributed by atoms with E-state index in [1.165, 1.54) is 0 Å². The van der Waals surface area contributed by atoms with Crippen molar-refractivity contribution in [3.05, 3.63) is 11.1 Å². The summed E-state index contributed by atoms with van der Waals surface area (Å²) in [6.07, 6.45) is -12.2. The van der Waals surface area contributed by atoms with E-state index in [2.05, 4.69) is 0 Å². The van der Waals surface area contributed by atoms with Crippen LogP contribution in [-0.4, -0.2) is 36.2 Å². The number of aromatic hydroxyl groups is 2. The molecule has 0 aliphatic rings. The van der Waals surface area contributed by atoms with Crippen molar-refractivity contribution >= 4 is 20.2 Å². The number of hydrogen-bond donors (Lipinski definition) is 4. The topological polar surface area (TPSA) is 149 Å². The molecule has 0 saturated carbocycles. The van der Waals surface area contributed by atoms with Crippen molar-refractivity contribution in [1.82, 2.24) is 0 Å². The Hall–Kier alpha value is -1.78. The molecule has 0 aliphatic carbocycles. The lowest BCUT2D eigenvalue weighted by Crippen LogP contribution is -2.21. The SMILES string of the molecule is O=S(=O)(O)c1c(O)c(S(=O)(=O)O)c(C(F)(F)F)c(O)c1C(F)(F)F. The summed E-state index contributed by atoms with van der Waals surface area (Å²) in [6, 6.07) is 0. The van der Waals surface area contributed by atoms with E-state index in [4.69, 9.17) is 9.11 Å². The summed E-state index contributed by atoms with van der Waals surface area (Å²) < 4.78 is 138. The number of phenolic OH excluding ortho intramolecular Hbond substituents is 2. The average Bonchev–Trinajstić information content (AvgIpc) is 2.24. The van der Waals surface area contributed by atoms with E-state index in [0.717, 1.165) is 0 Å². The van der Waals surface area contributed by atoms with Crippen LogP contribution in [0.1, 0.15) is 11.1 Å². The lowest BCUT2D eigenvalue weighted by atomic mass is 10.1. The van der Waals surface area contributed by atoms with Gasteiger partial charge in [-0.1, -0.05) is 0 Å². The lowest BCUT2D eigenvalue weighted by Gasteiger charge is -2.21. The van der Waals surface area contributed by atoms with Crippen molar-refractivity contribution in [2.24, 2.45) is 0 Å². The van der Waals surface area contributed by atoms with E-state index in [-0.39, 0.29) is 0 Å². The molecule has 8 nitrogen and oxygen atoms in total. The molecule has 1 aromatic carbocycles. The van der Waals surface area contributed by atoms with Crippen molar-refractivity contribution < 1.29 is 62.5 Å². The molecular weight excluding hydrogens is 402 g/mol. The highest BCUT2D eigenvalue weighted by molar-refractivity contribution is 7.87. The third kappa shape index (κ3) is 3.50. The van der Waals surface area contributed by atoms with Gasteiger partial charge in [0.05, 0.1) is 0 Å². The summed E-state index contributed by atoms with van der Waals surface area (Å²) in [7, 11) is -12.4. The highest BCUT2D eigenvalue weighted by Gasteiger charge is 2.51. The highest BCUT2D eigenvalue weighted by atomic mass is 32.2. The molecule has 0 aromatic heterocycles. The summed E-state index contributed by atoms with van der Waals surface area (Å²) >= 11 is 0. The van der Waals surface area contributed by atoms with Gasteiger partial charge in [0.2, 0.25) is 0 Å². The molecule has 0 amide bonds. The van der Waals surface area contributed by atoms with Crippen LogP contribution in [-0.2, 0) is 32.6 Å². The molecule has 0 saturated heterocycles. The lowest BCUT2D eigenvalue weighted by molar-refractivity contribution is -0.148. The second kappa shape index (κ2) is 5.36. The van der Waals surface area contributed by atoms with Crippen LogP contribution in [0.3, 0.4) is 0 Å². The fourth-order valence-electron chi connectivity index (χ4n) is 1.71. The quantitative estimate of drug-likeness (QED) is 0.329. The van der Waals surface area contributed by atoms with E-state index < -0.39 is 65.0 Å². The maximum atomic E-state index is 12.8. The van der Waals surface area contributed by atoms with Crippen LogP contribution in [0.4, 0.5) is 26.3 Å². The average molecular weight is 406 g/mol. The first-order chi connectivity index (χ1) is 10.3. The van der Waals surface area contributed by atoms with Gasteiger partial charge in [-0.25, -0.2) is 0 Å². The number of benzene rings is 1. The third-order valence-corrected chi connectivity index (χ3v) is 4.27. The number of phenols is 2. The number of alkyl halides is 6. The van der Waals surface area contributed by atoms with Crippen LogP contribution >= 0.6 is 0 Å². The monoisotopic (exact) mass is 406 g/mol. The van der Waals surface area contributed by atoms with Crippen LogP contribution in [0.15, 0.2) is 9.79 Å². The van der Waals surface area contributed by atoms with Crippen LogP contribution < -0.4 is 0 Å². The summed E-state index contributed by atoms with van der Waals surface area (Å²) in [4.78, 5) is -5.54. The first-order valence-corrected chi connectivity index (χ1v) is 7.90. The van der Waals surface area contributed by atoms with E-state index in [1.54, 1.807) is 0 Å². The van der Waals surface area contributed by atoms with Gasteiger partial charge in [-0.05, 0) is 0 Å². The zero-order valence-electron chi connectivity index (χ0n) is 10.5. The predicted molar refractivity (Wildman–Crippen MR) is 59.4 cm³/mol. The van der Waals surface area contributed by atoms with Gasteiger partial charge in [-0.2, -0.15) is 43.2 Å². The first-order valence-electron chi connectivity index (χ1n) is 5.02. The largest absolute Gasteiger partial charge is 0.507 e. The second-order valence-electron chi connectivity index (χ2n) is 4.05. The Morgan fingerprint density at radius 1 is 0.625 bits per heavy atom. The normalized spacial score (nSPS) is 14.0. The van der Waals surface area contributed by atoms with Crippen molar-refractivity contribution in [1.29, 1.82) is 0 Å². The van der Waals surface area contributed by atoms with Crippen molar-refractivity contribution in [3.8, 4) is 11.5 Å².